The third-order valence-corrected chi connectivity index (χ3v) is 4.21. The number of anilines is 1. The monoisotopic (exact) mass is 428 g/mol. The summed E-state index contributed by atoms with van der Waals surface area (Å²) in [5.74, 6) is -0.377. The summed E-state index contributed by atoms with van der Waals surface area (Å²) in [6.07, 6.45) is 2.34. The molecular formula is C22H28N4O5. The molecule has 2 amide bonds. The number of benzene rings is 1. The van der Waals surface area contributed by atoms with Crippen molar-refractivity contribution in [2.45, 2.75) is 46.4 Å². The molecule has 0 aliphatic rings. The summed E-state index contributed by atoms with van der Waals surface area (Å²) in [4.78, 5) is 52.3. The zero-order valence-electron chi connectivity index (χ0n) is 18.2. The van der Waals surface area contributed by atoms with Crippen LogP contribution >= 0.6 is 0 Å². The van der Waals surface area contributed by atoms with E-state index in [1.54, 1.807) is 58.0 Å². The Labute approximate surface area is 180 Å². The topological polar surface area (TPSA) is 114 Å². The SMILES string of the molecule is C=CCN(C(=O)Cn1cc(C)c(=O)[nH]c1=O)c1ccccc1CNC(=O)OC(C)(C)C. The lowest BCUT2D eigenvalue weighted by molar-refractivity contribution is -0.119. The fourth-order valence-electron chi connectivity index (χ4n) is 2.84. The van der Waals surface area contributed by atoms with Crippen LogP contribution in [0.25, 0.3) is 0 Å². The van der Waals surface area contributed by atoms with E-state index in [9.17, 15) is 19.2 Å². The van der Waals surface area contributed by atoms with Gasteiger partial charge in [-0.15, -0.1) is 6.58 Å². The van der Waals surface area contributed by atoms with Crippen molar-refractivity contribution >= 4 is 17.7 Å². The molecule has 2 rings (SSSR count). The molecule has 0 bridgehead atoms. The minimum atomic E-state index is -0.664. The molecule has 2 aromatic rings. The van der Waals surface area contributed by atoms with Crippen molar-refractivity contribution in [1.29, 1.82) is 0 Å². The number of nitrogens with zero attached hydrogens (tertiary/aromatic N) is 2. The Morgan fingerprint density at radius 1 is 1.26 bits per heavy atom. The lowest BCUT2D eigenvalue weighted by Gasteiger charge is -2.25. The second-order valence-corrected chi connectivity index (χ2v) is 7.98. The van der Waals surface area contributed by atoms with Crippen molar-refractivity contribution in [2.24, 2.45) is 0 Å². The fraction of sp³-hybridized carbons (Fsp3) is 0.364. The third-order valence-electron chi connectivity index (χ3n) is 4.21. The lowest BCUT2D eigenvalue weighted by atomic mass is 10.1. The van der Waals surface area contributed by atoms with Crippen LogP contribution in [0, 0.1) is 6.92 Å². The first kappa shape index (κ1) is 23.7. The number of H-pyrrole nitrogens is 1. The maximum absolute atomic E-state index is 13.0. The second kappa shape index (κ2) is 9.92. The van der Waals surface area contributed by atoms with E-state index in [2.05, 4.69) is 16.9 Å². The Kier molecular flexibility index (Phi) is 7.57. The first-order valence-electron chi connectivity index (χ1n) is 9.78. The number of nitrogens with one attached hydrogen (secondary N) is 2. The van der Waals surface area contributed by atoms with Crippen molar-refractivity contribution in [2.75, 3.05) is 11.4 Å². The number of hydrogen-bond acceptors (Lipinski definition) is 5. The molecule has 0 aliphatic heterocycles. The van der Waals surface area contributed by atoms with Crippen molar-refractivity contribution in [3.8, 4) is 0 Å². The number of alkyl carbamates (subject to hydrolysis) is 1. The van der Waals surface area contributed by atoms with E-state index in [-0.39, 0.29) is 25.5 Å². The molecule has 166 valence electrons. The quantitative estimate of drug-likeness (QED) is 0.656. The first-order valence-corrected chi connectivity index (χ1v) is 9.78. The second-order valence-electron chi connectivity index (χ2n) is 7.98. The van der Waals surface area contributed by atoms with Crippen LogP contribution in [0.1, 0.15) is 31.9 Å². The van der Waals surface area contributed by atoms with Gasteiger partial charge in [-0.05, 0) is 39.3 Å². The molecule has 9 nitrogen and oxygen atoms in total. The smallest absolute Gasteiger partial charge is 0.407 e. The molecule has 9 heteroatoms. The molecule has 1 heterocycles. The number of aryl methyl sites for hydroxylation is 1. The standard InChI is InChI=1S/C22H28N4O5/c1-6-11-26(18(27)14-25-13-15(2)19(28)24-20(25)29)17-10-8-7-9-16(17)12-23-21(30)31-22(3,4)5/h6-10,13H,1,11-12,14H2,2-5H3,(H,23,30)(H,24,28,29). The molecule has 0 radical (unpaired) electrons. The van der Waals surface area contributed by atoms with Crippen LogP contribution in [0.3, 0.4) is 0 Å². The average Bonchev–Trinajstić information content (AvgIpc) is 2.67. The van der Waals surface area contributed by atoms with Gasteiger partial charge in [-0.3, -0.25) is 19.1 Å². The summed E-state index contributed by atoms with van der Waals surface area (Å²) < 4.78 is 6.40. The zero-order valence-corrected chi connectivity index (χ0v) is 18.2. The Hall–Kier alpha value is -3.62. The van der Waals surface area contributed by atoms with E-state index in [4.69, 9.17) is 4.74 Å². The Morgan fingerprint density at radius 2 is 1.94 bits per heavy atom. The van der Waals surface area contributed by atoms with Gasteiger partial charge in [0.05, 0.1) is 0 Å². The fourth-order valence-corrected chi connectivity index (χ4v) is 2.84. The van der Waals surface area contributed by atoms with Crippen molar-refractivity contribution in [1.82, 2.24) is 14.9 Å². The Balaban J connectivity index is 2.26. The van der Waals surface area contributed by atoms with Crippen LogP contribution in [-0.4, -0.2) is 33.7 Å². The van der Waals surface area contributed by atoms with E-state index < -0.39 is 22.9 Å². The van der Waals surface area contributed by atoms with E-state index >= 15 is 0 Å². The highest BCUT2D eigenvalue weighted by Crippen LogP contribution is 2.21. The van der Waals surface area contributed by atoms with Gasteiger partial charge in [0, 0.05) is 30.5 Å². The molecule has 0 fully saturated rings. The third kappa shape index (κ3) is 6.70. The first-order chi connectivity index (χ1) is 14.5. The van der Waals surface area contributed by atoms with Crippen LogP contribution in [0.2, 0.25) is 0 Å². The van der Waals surface area contributed by atoms with Gasteiger partial charge in [-0.1, -0.05) is 24.3 Å². The van der Waals surface area contributed by atoms with Gasteiger partial charge in [-0.2, -0.15) is 0 Å². The number of aromatic amines is 1. The number of amides is 2. The number of hydrogen-bond donors (Lipinski definition) is 2. The summed E-state index contributed by atoms with van der Waals surface area (Å²) in [6.45, 7) is 10.6. The summed E-state index contributed by atoms with van der Waals surface area (Å²) in [5, 5.41) is 2.68. The summed E-state index contributed by atoms with van der Waals surface area (Å²) >= 11 is 0. The van der Waals surface area contributed by atoms with Gasteiger partial charge in [0.1, 0.15) is 12.1 Å². The summed E-state index contributed by atoms with van der Waals surface area (Å²) in [6, 6.07) is 7.09. The van der Waals surface area contributed by atoms with Crippen molar-refractivity contribution in [3.05, 3.63) is 75.1 Å². The molecule has 2 N–H and O–H groups in total. The Morgan fingerprint density at radius 3 is 2.58 bits per heavy atom. The van der Waals surface area contributed by atoms with Crippen LogP contribution in [-0.2, 0) is 22.6 Å². The van der Waals surface area contributed by atoms with Crippen LogP contribution < -0.4 is 21.5 Å². The molecule has 0 spiro atoms. The molecule has 31 heavy (non-hydrogen) atoms. The van der Waals surface area contributed by atoms with Gasteiger partial charge in [0.25, 0.3) is 5.56 Å². The van der Waals surface area contributed by atoms with Gasteiger partial charge in [0.15, 0.2) is 0 Å². The van der Waals surface area contributed by atoms with Crippen LogP contribution in [0.15, 0.2) is 52.7 Å². The number of rotatable bonds is 7. The highest BCUT2D eigenvalue weighted by atomic mass is 16.6. The van der Waals surface area contributed by atoms with Crippen molar-refractivity contribution < 1.29 is 14.3 Å². The largest absolute Gasteiger partial charge is 0.444 e. The summed E-state index contributed by atoms with van der Waals surface area (Å²) in [5.41, 5.74) is -0.204. The number of para-hydroxylation sites is 1. The molecule has 1 aromatic heterocycles. The number of carbonyl (C=O) groups excluding carboxylic acids is 2. The lowest BCUT2D eigenvalue weighted by Crippen LogP contribution is -2.40. The Bertz CT molecular complexity index is 1080. The molecule has 0 unspecified atom stereocenters. The minimum absolute atomic E-state index is 0.143. The van der Waals surface area contributed by atoms with E-state index in [0.29, 0.717) is 16.8 Å². The molecular weight excluding hydrogens is 400 g/mol. The number of carbonyl (C=O) groups is 2. The molecule has 0 saturated carbocycles. The molecule has 0 aliphatic carbocycles. The van der Waals surface area contributed by atoms with Gasteiger partial charge >= 0.3 is 11.8 Å². The van der Waals surface area contributed by atoms with E-state index in [0.717, 1.165) is 4.57 Å². The average molecular weight is 428 g/mol. The predicted molar refractivity (Wildman–Crippen MR) is 118 cm³/mol. The highest BCUT2D eigenvalue weighted by Gasteiger charge is 2.20. The molecule has 1 aromatic carbocycles. The number of ether oxygens (including phenoxy) is 1. The van der Waals surface area contributed by atoms with Gasteiger partial charge in [0.2, 0.25) is 5.91 Å². The van der Waals surface area contributed by atoms with Gasteiger partial charge < -0.3 is 15.0 Å². The highest BCUT2D eigenvalue weighted by molar-refractivity contribution is 5.94. The normalized spacial score (nSPS) is 11.0. The van der Waals surface area contributed by atoms with Crippen LogP contribution in [0.5, 0.6) is 0 Å². The summed E-state index contributed by atoms with van der Waals surface area (Å²) in [7, 11) is 0. The van der Waals surface area contributed by atoms with Crippen LogP contribution in [0.4, 0.5) is 10.5 Å². The maximum Gasteiger partial charge on any atom is 0.407 e. The van der Waals surface area contributed by atoms with E-state index in [1.807, 2.05) is 0 Å². The zero-order chi connectivity index (χ0) is 23.2. The van der Waals surface area contributed by atoms with E-state index in [1.165, 1.54) is 11.1 Å². The predicted octanol–water partition coefficient (Wildman–Crippen LogP) is 2.09. The van der Waals surface area contributed by atoms with Gasteiger partial charge in [-0.25, -0.2) is 9.59 Å². The molecule has 0 saturated heterocycles. The maximum atomic E-state index is 13.0. The van der Waals surface area contributed by atoms with Crippen molar-refractivity contribution in [3.63, 3.8) is 0 Å². The number of aromatic nitrogens is 2. The minimum Gasteiger partial charge on any atom is -0.444 e. The molecule has 0 atom stereocenters.